The molecule has 0 saturated carbocycles. The van der Waals surface area contributed by atoms with Crippen molar-refractivity contribution in [3.8, 4) is 0 Å². The summed E-state index contributed by atoms with van der Waals surface area (Å²) in [4.78, 5) is 0. The topological polar surface area (TPSA) is 49.4 Å². The van der Waals surface area contributed by atoms with E-state index >= 15 is 0 Å². The van der Waals surface area contributed by atoms with E-state index in [-0.39, 0.29) is 12.2 Å². The van der Waals surface area contributed by atoms with Gasteiger partial charge in [-0.3, -0.25) is 4.31 Å². The molecule has 0 unspecified atom stereocenters. The van der Waals surface area contributed by atoms with Crippen molar-refractivity contribution in [1.82, 2.24) is 0 Å². The van der Waals surface area contributed by atoms with Gasteiger partial charge in [-0.2, -0.15) is 0 Å². The first-order chi connectivity index (χ1) is 7.71. The molecule has 0 bridgehead atoms. The van der Waals surface area contributed by atoms with E-state index in [1.807, 2.05) is 13.8 Å². The van der Waals surface area contributed by atoms with Crippen LogP contribution in [0.2, 0.25) is 0 Å². The molecule has 1 aliphatic rings. The molecule has 1 aromatic rings. The van der Waals surface area contributed by atoms with E-state index in [0.29, 0.717) is 5.69 Å². The van der Waals surface area contributed by atoms with Gasteiger partial charge in [0.25, 0.3) is 0 Å². The number of para-hydroxylation sites is 1. The van der Waals surface area contributed by atoms with Crippen molar-refractivity contribution in [2.24, 2.45) is 0 Å². The SMILES string of the molecule is CC1(C)CN(S(C)(=O)=O)c2cccc(F)c2N1. The molecular weight excluding hydrogens is 243 g/mol. The molecule has 4 nitrogen and oxygen atoms in total. The number of rotatable bonds is 1. The van der Waals surface area contributed by atoms with Gasteiger partial charge in [-0.05, 0) is 26.0 Å². The first kappa shape index (κ1) is 12.2. The molecular formula is C11H15FN2O2S. The highest BCUT2D eigenvalue weighted by Gasteiger charge is 2.35. The average molecular weight is 258 g/mol. The first-order valence-electron chi connectivity index (χ1n) is 5.25. The molecule has 17 heavy (non-hydrogen) atoms. The van der Waals surface area contributed by atoms with Gasteiger partial charge in [0.1, 0.15) is 5.82 Å². The van der Waals surface area contributed by atoms with Crippen molar-refractivity contribution in [2.75, 3.05) is 22.4 Å². The number of nitrogens with zero attached hydrogens (tertiary/aromatic N) is 1. The zero-order chi connectivity index (χ0) is 12.8. The zero-order valence-corrected chi connectivity index (χ0v) is 10.8. The minimum atomic E-state index is -3.40. The molecule has 0 spiro atoms. The van der Waals surface area contributed by atoms with Crippen molar-refractivity contribution in [2.45, 2.75) is 19.4 Å². The molecule has 2 rings (SSSR count). The summed E-state index contributed by atoms with van der Waals surface area (Å²) in [6, 6.07) is 4.42. The van der Waals surface area contributed by atoms with E-state index in [1.165, 1.54) is 16.4 Å². The van der Waals surface area contributed by atoms with Crippen molar-refractivity contribution in [1.29, 1.82) is 0 Å². The van der Waals surface area contributed by atoms with Crippen LogP contribution in [0.4, 0.5) is 15.8 Å². The van der Waals surface area contributed by atoms with Crippen LogP contribution in [-0.2, 0) is 10.0 Å². The summed E-state index contributed by atoms with van der Waals surface area (Å²) in [7, 11) is -3.40. The Morgan fingerprint density at radius 2 is 2.06 bits per heavy atom. The van der Waals surface area contributed by atoms with Gasteiger partial charge in [0.15, 0.2) is 0 Å². The lowest BCUT2D eigenvalue weighted by molar-refractivity contribution is 0.536. The van der Waals surface area contributed by atoms with Gasteiger partial charge in [-0.25, -0.2) is 12.8 Å². The fraction of sp³-hybridized carbons (Fsp3) is 0.455. The lowest BCUT2D eigenvalue weighted by atomic mass is 10.0. The predicted octanol–water partition coefficient (Wildman–Crippen LogP) is 1.80. The van der Waals surface area contributed by atoms with E-state index < -0.39 is 21.4 Å². The average Bonchev–Trinajstić information content (AvgIpc) is 2.16. The Morgan fingerprint density at radius 3 is 2.65 bits per heavy atom. The Bertz CT molecular complexity index is 555. The zero-order valence-electron chi connectivity index (χ0n) is 9.99. The van der Waals surface area contributed by atoms with E-state index in [1.54, 1.807) is 6.07 Å². The van der Waals surface area contributed by atoms with Gasteiger partial charge >= 0.3 is 0 Å². The van der Waals surface area contributed by atoms with Crippen LogP contribution in [0.25, 0.3) is 0 Å². The third-order valence-electron chi connectivity index (χ3n) is 2.66. The molecule has 1 N–H and O–H groups in total. The van der Waals surface area contributed by atoms with Crippen molar-refractivity contribution in [3.05, 3.63) is 24.0 Å². The van der Waals surface area contributed by atoms with Crippen LogP contribution in [0.3, 0.4) is 0 Å². The van der Waals surface area contributed by atoms with Crippen LogP contribution in [0, 0.1) is 5.82 Å². The highest BCUT2D eigenvalue weighted by Crippen LogP contribution is 2.37. The monoisotopic (exact) mass is 258 g/mol. The smallest absolute Gasteiger partial charge is 0.232 e. The minimum absolute atomic E-state index is 0.245. The number of hydrogen-bond donors (Lipinski definition) is 1. The number of fused-ring (bicyclic) bond motifs is 1. The van der Waals surface area contributed by atoms with Crippen LogP contribution in [0.5, 0.6) is 0 Å². The summed E-state index contributed by atoms with van der Waals surface area (Å²) in [5.41, 5.74) is 0.110. The summed E-state index contributed by atoms with van der Waals surface area (Å²) in [5, 5.41) is 3.03. The van der Waals surface area contributed by atoms with Crippen LogP contribution in [0.15, 0.2) is 18.2 Å². The molecule has 0 radical (unpaired) electrons. The highest BCUT2D eigenvalue weighted by molar-refractivity contribution is 7.92. The molecule has 94 valence electrons. The van der Waals surface area contributed by atoms with Crippen molar-refractivity contribution < 1.29 is 12.8 Å². The molecule has 0 atom stereocenters. The Kier molecular flexibility index (Phi) is 2.57. The van der Waals surface area contributed by atoms with E-state index in [2.05, 4.69) is 5.32 Å². The first-order valence-corrected chi connectivity index (χ1v) is 7.10. The van der Waals surface area contributed by atoms with Gasteiger partial charge in [-0.15, -0.1) is 0 Å². The van der Waals surface area contributed by atoms with E-state index in [9.17, 15) is 12.8 Å². The van der Waals surface area contributed by atoms with E-state index in [4.69, 9.17) is 0 Å². The van der Waals surface area contributed by atoms with E-state index in [0.717, 1.165) is 6.26 Å². The number of nitrogens with one attached hydrogen (secondary N) is 1. The molecule has 0 aliphatic carbocycles. The predicted molar refractivity (Wildman–Crippen MR) is 66.3 cm³/mol. The van der Waals surface area contributed by atoms with Gasteiger partial charge in [-0.1, -0.05) is 6.07 Å². The van der Waals surface area contributed by atoms with Crippen molar-refractivity contribution >= 4 is 21.4 Å². The Morgan fingerprint density at radius 1 is 1.41 bits per heavy atom. The molecule has 0 amide bonds. The molecule has 1 aliphatic heterocycles. The fourth-order valence-electron chi connectivity index (χ4n) is 1.96. The maximum atomic E-state index is 13.7. The number of sulfonamides is 1. The number of anilines is 2. The van der Waals surface area contributed by atoms with Gasteiger partial charge < -0.3 is 5.32 Å². The van der Waals surface area contributed by atoms with Crippen LogP contribution in [0.1, 0.15) is 13.8 Å². The van der Waals surface area contributed by atoms with Gasteiger partial charge in [0.2, 0.25) is 10.0 Å². The lowest BCUT2D eigenvalue weighted by Crippen LogP contribution is -2.50. The summed E-state index contributed by atoms with van der Waals surface area (Å²) in [5.74, 6) is -0.441. The highest BCUT2D eigenvalue weighted by atomic mass is 32.2. The summed E-state index contributed by atoms with van der Waals surface area (Å²) in [6.45, 7) is 3.95. The largest absolute Gasteiger partial charge is 0.374 e. The molecule has 6 heteroatoms. The third-order valence-corrected chi connectivity index (χ3v) is 3.79. The summed E-state index contributed by atoms with van der Waals surface area (Å²) < 4.78 is 38.4. The Labute approximate surface area is 100 Å². The summed E-state index contributed by atoms with van der Waals surface area (Å²) in [6.07, 6.45) is 1.13. The quantitative estimate of drug-likeness (QED) is 0.835. The second-order valence-corrected chi connectivity index (χ2v) is 6.82. The molecule has 1 heterocycles. The second-order valence-electron chi connectivity index (χ2n) is 4.91. The van der Waals surface area contributed by atoms with Gasteiger partial charge in [0.05, 0.1) is 29.7 Å². The van der Waals surface area contributed by atoms with Crippen LogP contribution < -0.4 is 9.62 Å². The molecule has 1 aromatic carbocycles. The maximum absolute atomic E-state index is 13.7. The normalized spacial score (nSPS) is 18.5. The molecule has 0 aromatic heterocycles. The van der Waals surface area contributed by atoms with Crippen LogP contribution in [-0.4, -0.2) is 26.8 Å². The number of halogens is 1. The van der Waals surface area contributed by atoms with Crippen LogP contribution >= 0.6 is 0 Å². The number of hydrogen-bond acceptors (Lipinski definition) is 3. The minimum Gasteiger partial charge on any atom is -0.374 e. The van der Waals surface area contributed by atoms with Gasteiger partial charge in [0, 0.05) is 0 Å². The third kappa shape index (κ3) is 2.22. The maximum Gasteiger partial charge on any atom is 0.232 e. The molecule has 0 fully saturated rings. The standard InChI is InChI=1S/C11H15FN2O2S/c1-11(2)7-14(17(3,15)16)9-6-4-5-8(12)10(9)13-11/h4-6,13H,7H2,1-3H3. The lowest BCUT2D eigenvalue weighted by Gasteiger charge is -2.40. The fourth-order valence-corrected chi connectivity index (χ4v) is 3.03. The second kappa shape index (κ2) is 3.60. The molecule has 0 saturated heterocycles. The Hall–Kier alpha value is -1.30. The Balaban J connectivity index is 2.64. The van der Waals surface area contributed by atoms with Crippen molar-refractivity contribution in [3.63, 3.8) is 0 Å². The number of benzene rings is 1. The summed E-state index contributed by atoms with van der Waals surface area (Å²) >= 11 is 0.